The molecule has 6 rings (SSSR count). The van der Waals surface area contributed by atoms with Crippen LogP contribution >= 0.6 is 0 Å². The second kappa shape index (κ2) is 9.89. The molecule has 191 valence electrons. The van der Waals surface area contributed by atoms with E-state index in [0.717, 1.165) is 27.8 Å². The van der Waals surface area contributed by atoms with E-state index in [9.17, 15) is 4.79 Å². The number of benzene rings is 3. The maximum absolute atomic E-state index is 10.0. The molecule has 0 saturated carbocycles. The molecule has 1 aliphatic carbocycles. The average Bonchev–Trinajstić information content (AvgIpc) is 3.17. The number of hydrogen-bond donors (Lipinski definition) is 1. The summed E-state index contributed by atoms with van der Waals surface area (Å²) in [5, 5.41) is 13.2. The van der Waals surface area contributed by atoms with E-state index in [4.69, 9.17) is 14.5 Å². The molecule has 4 nitrogen and oxygen atoms in total. The van der Waals surface area contributed by atoms with Crippen molar-refractivity contribution in [3.63, 3.8) is 0 Å². The summed E-state index contributed by atoms with van der Waals surface area (Å²) < 4.78 is 6.45. The predicted octanol–water partition coefficient (Wildman–Crippen LogP) is 8.40. The number of carbonyl (C=O) groups excluding carboxylic acids is 1. The normalized spacial score (nSPS) is 13.8. The number of fused-ring (bicyclic) bond motifs is 4. The summed E-state index contributed by atoms with van der Waals surface area (Å²) in [5.74, 6) is 0.331. The summed E-state index contributed by atoms with van der Waals surface area (Å²) in [7, 11) is 0. The molecule has 2 aromatic heterocycles. The first-order valence-corrected chi connectivity index (χ1v) is 12.3. The summed E-state index contributed by atoms with van der Waals surface area (Å²) in [4.78, 5) is 15.0. The Morgan fingerprint density at radius 3 is 2.46 bits per heavy atom. The molecule has 0 fully saturated rings. The van der Waals surface area contributed by atoms with Gasteiger partial charge in [0.2, 0.25) is 0 Å². The molecule has 0 amide bonds. The molecule has 0 spiro atoms. The van der Waals surface area contributed by atoms with Gasteiger partial charge in [0.15, 0.2) is 5.78 Å². The summed E-state index contributed by atoms with van der Waals surface area (Å²) in [6.45, 7) is 11.9. The molecule has 1 aliphatic rings. The minimum atomic E-state index is -0.222. The number of carbonyl (C=O) groups is 1. The number of pyridine rings is 1. The fraction of sp³-hybridized carbons (Fsp3) is 0.250. The Labute approximate surface area is 230 Å². The minimum Gasteiger partial charge on any atom is -0.512 e. The molecule has 37 heavy (non-hydrogen) atoms. The number of ketones is 1. The summed E-state index contributed by atoms with van der Waals surface area (Å²) in [6, 6.07) is 20.6. The molecule has 1 N–H and O–H groups in total. The fourth-order valence-corrected chi connectivity index (χ4v) is 5.46. The van der Waals surface area contributed by atoms with Crippen molar-refractivity contribution in [3.8, 4) is 11.3 Å². The van der Waals surface area contributed by atoms with Gasteiger partial charge in [0.25, 0.3) is 0 Å². The van der Waals surface area contributed by atoms with Crippen LogP contribution in [-0.2, 0) is 30.3 Å². The summed E-state index contributed by atoms with van der Waals surface area (Å²) >= 11 is 0. The van der Waals surface area contributed by atoms with E-state index in [2.05, 4.69) is 70.2 Å². The first kappa shape index (κ1) is 26.8. The van der Waals surface area contributed by atoms with Crippen LogP contribution in [0.15, 0.2) is 71.0 Å². The largest absolute Gasteiger partial charge is 0.512 e. The van der Waals surface area contributed by atoms with Crippen LogP contribution in [0.5, 0.6) is 0 Å². The topological polar surface area (TPSA) is 63.3 Å². The third-order valence-corrected chi connectivity index (χ3v) is 6.98. The van der Waals surface area contributed by atoms with Gasteiger partial charge in [0.05, 0.1) is 11.3 Å². The van der Waals surface area contributed by atoms with Crippen LogP contribution in [0.1, 0.15) is 64.2 Å². The maximum Gasteiger partial charge on any atom is 0.155 e. The van der Waals surface area contributed by atoms with Crippen molar-refractivity contribution in [2.24, 2.45) is 0 Å². The molecule has 0 saturated heterocycles. The van der Waals surface area contributed by atoms with Gasteiger partial charge in [-0.2, -0.15) is 0 Å². The van der Waals surface area contributed by atoms with Gasteiger partial charge in [-0.25, -0.2) is 0 Å². The zero-order valence-corrected chi connectivity index (χ0v) is 24.3. The number of furan rings is 1. The van der Waals surface area contributed by atoms with E-state index in [1.165, 1.54) is 52.8 Å². The zero-order chi connectivity index (χ0) is 25.8. The van der Waals surface area contributed by atoms with Crippen LogP contribution in [0.3, 0.4) is 0 Å². The van der Waals surface area contributed by atoms with E-state index >= 15 is 0 Å². The molecule has 0 bridgehead atoms. The van der Waals surface area contributed by atoms with Crippen LogP contribution in [0.25, 0.3) is 44.0 Å². The number of rotatable bonds is 2. The van der Waals surface area contributed by atoms with Gasteiger partial charge in [0, 0.05) is 37.8 Å². The standard InChI is InChI=1S/C27H22NO.C5H8O2.Ir/c1-15(2)17-12-13-20-23-22-19(10-7-11-21(22)29-26(17)23)25-24(27(20,3)4)18-9-6-5-8-16(18)14-28-25;1-4(6)3-5(2)7;/h5-9,11-15H,1-4H3;3,6H,1-2H3;/q-1;;/b;4-3-;. The molecule has 3 aromatic carbocycles. The molecule has 0 aliphatic heterocycles. The van der Waals surface area contributed by atoms with Crippen molar-refractivity contribution in [1.29, 1.82) is 0 Å². The molecular weight excluding hydrogens is 639 g/mol. The Balaban J connectivity index is 0.000000356. The van der Waals surface area contributed by atoms with E-state index in [1.54, 1.807) is 0 Å². The molecule has 1 radical (unpaired) electrons. The van der Waals surface area contributed by atoms with Crippen molar-refractivity contribution in [1.82, 2.24) is 4.98 Å². The second-order valence-corrected chi connectivity index (χ2v) is 10.3. The monoisotopic (exact) mass is 669 g/mol. The Morgan fingerprint density at radius 2 is 1.81 bits per heavy atom. The van der Waals surface area contributed by atoms with E-state index in [1.807, 2.05) is 18.3 Å². The molecule has 5 aromatic rings. The molecule has 5 heteroatoms. The Hall–Kier alpha value is -3.27. The van der Waals surface area contributed by atoms with Crippen LogP contribution in [0, 0.1) is 6.07 Å². The number of allylic oxidation sites excluding steroid dienone is 2. The van der Waals surface area contributed by atoms with E-state index in [0.29, 0.717) is 5.92 Å². The van der Waals surface area contributed by atoms with E-state index < -0.39 is 0 Å². The van der Waals surface area contributed by atoms with Crippen molar-refractivity contribution in [2.75, 3.05) is 0 Å². The van der Waals surface area contributed by atoms with Crippen LogP contribution in [0.2, 0.25) is 0 Å². The second-order valence-electron chi connectivity index (χ2n) is 10.3. The van der Waals surface area contributed by atoms with Gasteiger partial charge in [-0.1, -0.05) is 75.5 Å². The van der Waals surface area contributed by atoms with Crippen LogP contribution < -0.4 is 0 Å². The van der Waals surface area contributed by atoms with Crippen molar-refractivity contribution in [3.05, 3.63) is 89.3 Å². The first-order chi connectivity index (χ1) is 17.1. The van der Waals surface area contributed by atoms with Gasteiger partial charge in [-0.15, -0.1) is 17.7 Å². The van der Waals surface area contributed by atoms with Gasteiger partial charge in [0.1, 0.15) is 5.58 Å². The van der Waals surface area contributed by atoms with Gasteiger partial charge in [-0.3, -0.25) is 4.79 Å². The van der Waals surface area contributed by atoms with Crippen molar-refractivity contribution < 1.29 is 34.4 Å². The summed E-state index contributed by atoms with van der Waals surface area (Å²) in [5.41, 5.74) is 7.60. The fourth-order valence-electron chi connectivity index (χ4n) is 5.46. The molecule has 2 heterocycles. The smallest absolute Gasteiger partial charge is 0.155 e. The minimum absolute atomic E-state index is 0. The first-order valence-electron chi connectivity index (χ1n) is 12.3. The zero-order valence-electron chi connectivity index (χ0n) is 21.9. The Morgan fingerprint density at radius 1 is 1.08 bits per heavy atom. The molecule has 0 atom stereocenters. The Bertz CT molecular complexity index is 1690. The van der Waals surface area contributed by atoms with Gasteiger partial charge >= 0.3 is 0 Å². The van der Waals surface area contributed by atoms with E-state index in [-0.39, 0.29) is 37.1 Å². The van der Waals surface area contributed by atoms with Crippen LogP contribution in [-0.4, -0.2) is 15.9 Å². The number of aliphatic hydroxyl groups excluding tert-OH is 1. The van der Waals surface area contributed by atoms with Crippen molar-refractivity contribution >= 4 is 38.5 Å². The number of aliphatic hydroxyl groups is 1. The maximum atomic E-state index is 10.0. The Kier molecular flexibility index (Phi) is 7.16. The number of hydrogen-bond acceptors (Lipinski definition) is 4. The number of nitrogens with zero attached hydrogens (tertiary/aromatic N) is 1. The third-order valence-electron chi connectivity index (χ3n) is 6.98. The van der Waals surface area contributed by atoms with Crippen LogP contribution in [0.4, 0.5) is 0 Å². The molecular formula is C32H30IrNO3-. The van der Waals surface area contributed by atoms with Crippen molar-refractivity contribution in [2.45, 2.75) is 52.9 Å². The molecule has 0 unspecified atom stereocenters. The SMILES string of the molecule is CC(=O)/C=C(/C)O.CC(C)c1ccc2c3c1oc1cc[c-]c(c13)-c1ncc3ccccc3c1C2(C)C.[Ir]. The third kappa shape index (κ3) is 4.41. The van der Waals surface area contributed by atoms with Gasteiger partial charge < -0.3 is 14.5 Å². The quantitative estimate of drug-likeness (QED) is 0.117. The summed E-state index contributed by atoms with van der Waals surface area (Å²) in [6.07, 6.45) is 3.16. The number of aromatic nitrogens is 1. The predicted molar refractivity (Wildman–Crippen MR) is 147 cm³/mol. The average molecular weight is 669 g/mol. The van der Waals surface area contributed by atoms with Gasteiger partial charge in [-0.05, 0) is 58.3 Å².